The molecule has 162 valence electrons. The van der Waals surface area contributed by atoms with Gasteiger partial charge in [-0.2, -0.15) is 0 Å². The molecular weight excluding hydrogens is 430 g/mol. The SMILES string of the molecule is O=C1CC(c2cccc(Cl)c2)CC2=C1C(C=Cc1ccccc1)n1c(nc3ccccc31)N2. The summed E-state index contributed by atoms with van der Waals surface area (Å²) in [6.45, 7) is 0. The number of benzene rings is 3. The highest BCUT2D eigenvalue weighted by atomic mass is 35.5. The van der Waals surface area contributed by atoms with Crippen LogP contribution in [0.5, 0.6) is 0 Å². The number of rotatable bonds is 3. The molecule has 1 aliphatic heterocycles. The Bertz CT molecular complexity index is 1430. The molecule has 6 rings (SSSR count). The van der Waals surface area contributed by atoms with Crippen LogP contribution in [0.25, 0.3) is 17.1 Å². The van der Waals surface area contributed by atoms with Gasteiger partial charge >= 0.3 is 0 Å². The van der Waals surface area contributed by atoms with Crippen LogP contribution >= 0.6 is 11.6 Å². The molecule has 1 aromatic heterocycles. The van der Waals surface area contributed by atoms with Crippen LogP contribution in [0.2, 0.25) is 5.02 Å². The molecule has 0 fully saturated rings. The fraction of sp³-hybridized carbons (Fsp3) is 0.143. The molecule has 1 aliphatic carbocycles. The van der Waals surface area contributed by atoms with Crippen molar-refractivity contribution in [3.8, 4) is 0 Å². The van der Waals surface area contributed by atoms with Gasteiger partial charge in [0.05, 0.1) is 17.1 Å². The molecule has 1 N–H and O–H groups in total. The lowest BCUT2D eigenvalue weighted by Crippen LogP contribution is -2.31. The zero-order chi connectivity index (χ0) is 22.4. The summed E-state index contributed by atoms with van der Waals surface area (Å²) in [5.74, 6) is 1.04. The van der Waals surface area contributed by atoms with Crippen LogP contribution in [0.15, 0.2) is 96.2 Å². The summed E-state index contributed by atoms with van der Waals surface area (Å²) in [5.41, 5.74) is 5.91. The van der Waals surface area contributed by atoms with E-state index in [1.54, 1.807) is 0 Å². The van der Waals surface area contributed by atoms with E-state index in [1.807, 2.05) is 54.6 Å². The molecular formula is C28H22ClN3O. The fourth-order valence-corrected chi connectivity index (χ4v) is 5.21. The zero-order valence-electron chi connectivity index (χ0n) is 17.9. The highest BCUT2D eigenvalue weighted by Gasteiger charge is 2.37. The predicted octanol–water partition coefficient (Wildman–Crippen LogP) is 6.77. The maximum Gasteiger partial charge on any atom is 0.209 e. The van der Waals surface area contributed by atoms with Gasteiger partial charge in [-0.25, -0.2) is 4.98 Å². The van der Waals surface area contributed by atoms with Gasteiger partial charge in [-0.15, -0.1) is 0 Å². The molecule has 2 atom stereocenters. The van der Waals surface area contributed by atoms with Gasteiger partial charge < -0.3 is 5.32 Å². The third-order valence-electron chi connectivity index (χ3n) is 6.53. The van der Waals surface area contributed by atoms with Crippen molar-refractivity contribution in [1.82, 2.24) is 9.55 Å². The summed E-state index contributed by atoms with van der Waals surface area (Å²) >= 11 is 6.24. The number of aromatic nitrogens is 2. The highest BCUT2D eigenvalue weighted by Crippen LogP contribution is 2.44. The van der Waals surface area contributed by atoms with E-state index in [0.717, 1.165) is 45.8 Å². The van der Waals surface area contributed by atoms with Crippen molar-refractivity contribution in [3.63, 3.8) is 0 Å². The molecule has 0 amide bonds. The molecule has 0 saturated carbocycles. The first-order valence-corrected chi connectivity index (χ1v) is 11.5. The molecule has 2 unspecified atom stereocenters. The van der Waals surface area contributed by atoms with E-state index in [-0.39, 0.29) is 17.7 Å². The topological polar surface area (TPSA) is 46.9 Å². The summed E-state index contributed by atoms with van der Waals surface area (Å²) in [4.78, 5) is 18.4. The molecule has 0 radical (unpaired) electrons. The molecule has 2 aliphatic rings. The Morgan fingerprint density at radius 2 is 1.79 bits per heavy atom. The van der Waals surface area contributed by atoms with Gasteiger partial charge in [0.2, 0.25) is 5.95 Å². The first-order valence-electron chi connectivity index (χ1n) is 11.2. The first-order chi connectivity index (χ1) is 16.2. The van der Waals surface area contributed by atoms with Crippen molar-refractivity contribution in [2.24, 2.45) is 0 Å². The molecule has 2 heterocycles. The largest absolute Gasteiger partial charge is 0.329 e. The van der Waals surface area contributed by atoms with Gasteiger partial charge in [0.25, 0.3) is 0 Å². The maximum atomic E-state index is 13.6. The molecule has 3 aromatic carbocycles. The minimum atomic E-state index is -0.211. The predicted molar refractivity (Wildman–Crippen MR) is 133 cm³/mol. The number of hydrogen-bond acceptors (Lipinski definition) is 3. The van der Waals surface area contributed by atoms with Gasteiger partial charge in [0.1, 0.15) is 0 Å². The molecule has 5 heteroatoms. The quantitative estimate of drug-likeness (QED) is 0.374. The fourth-order valence-electron chi connectivity index (χ4n) is 5.02. The van der Waals surface area contributed by atoms with Crippen molar-refractivity contribution in [3.05, 3.63) is 112 Å². The summed E-state index contributed by atoms with van der Waals surface area (Å²) in [7, 11) is 0. The van der Waals surface area contributed by atoms with E-state index < -0.39 is 0 Å². The molecule has 0 spiro atoms. The number of hydrogen-bond donors (Lipinski definition) is 1. The summed E-state index contributed by atoms with van der Waals surface area (Å²) in [6.07, 6.45) is 5.44. The second-order valence-corrected chi connectivity index (χ2v) is 9.05. The van der Waals surface area contributed by atoms with E-state index in [1.165, 1.54) is 0 Å². The van der Waals surface area contributed by atoms with Crippen LogP contribution in [0, 0.1) is 0 Å². The van der Waals surface area contributed by atoms with Crippen molar-refractivity contribution in [2.45, 2.75) is 24.8 Å². The van der Waals surface area contributed by atoms with Crippen molar-refractivity contribution in [1.29, 1.82) is 0 Å². The number of para-hydroxylation sites is 2. The molecule has 0 saturated heterocycles. The Kier molecular flexibility index (Phi) is 4.88. The number of anilines is 1. The molecule has 33 heavy (non-hydrogen) atoms. The lowest BCUT2D eigenvalue weighted by molar-refractivity contribution is -0.116. The van der Waals surface area contributed by atoms with Crippen molar-refractivity contribution < 1.29 is 4.79 Å². The van der Waals surface area contributed by atoms with Crippen LogP contribution in [0.1, 0.15) is 35.9 Å². The molecule has 4 nitrogen and oxygen atoms in total. The number of allylic oxidation sites excluding steroid dienone is 3. The Morgan fingerprint density at radius 1 is 0.970 bits per heavy atom. The third-order valence-corrected chi connectivity index (χ3v) is 6.77. The van der Waals surface area contributed by atoms with Crippen LogP contribution < -0.4 is 5.32 Å². The van der Waals surface area contributed by atoms with Gasteiger partial charge in [0, 0.05) is 22.7 Å². The number of carbonyl (C=O) groups excluding carboxylic acids is 1. The summed E-state index contributed by atoms with van der Waals surface area (Å²) < 4.78 is 2.14. The van der Waals surface area contributed by atoms with Gasteiger partial charge in [0.15, 0.2) is 5.78 Å². The minimum absolute atomic E-state index is 0.0946. The van der Waals surface area contributed by atoms with E-state index in [9.17, 15) is 4.79 Å². The summed E-state index contributed by atoms with van der Waals surface area (Å²) in [5, 5.41) is 4.20. The molecule has 0 bridgehead atoms. The number of halogens is 1. The van der Waals surface area contributed by atoms with Crippen LogP contribution in [0.4, 0.5) is 5.95 Å². The maximum absolute atomic E-state index is 13.6. The normalized spacial score (nSPS) is 20.1. The van der Waals surface area contributed by atoms with Gasteiger partial charge in [-0.3, -0.25) is 9.36 Å². The zero-order valence-corrected chi connectivity index (χ0v) is 18.7. The Hall–Kier alpha value is -3.63. The van der Waals surface area contributed by atoms with Crippen molar-refractivity contribution in [2.75, 3.05) is 5.32 Å². The second-order valence-electron chi connectivity index (χ2n) is 8.61. The summed E-state index contributed by atoms with van der Waals surface area (Å²) in [6, 6.07) is 25.9. The Labute approximate surface area is 197 Å². The second kappa shape index (κ2) is 8.05. The number of imidazole rings is 1. The average Bonchev–Trinajstić information content (AvgIpc) is 3.20. The lowest BCUT2D eigenvalue weighted by Gasteiger charge is -2.35. The smallest absolute Gasteiger partial charge is 0.209 e. The first kappa shape index (κ1) is 20.0. The monoisotopic (exact) mass is 451 g/mol. The van der Waals surface area contributed by atoms with E-state index >= 15 is 0 Å². The van der Waals surface area contributed by atoms with Crippen LogP contribution in [0.3, 0.4) is 0 Å². The number of fused-ring (bicyclic) bond motifs is 3. The number of ketones is 1. The highest BCUT2D eigenvalue weighted by molar-refractivity contribution is 6.30. The van der Waals surface area contributed by atoms with Crippen LogP contribution in [-0.4, -0.2) is 15.3 Å². The van der Waals surface area contributed by atoms with E-state index in [2.05, 4.69) is 46.3 Å². The van der Waals surface area contributed by atoms with Gasteiger partial charge in [-0.05, 0) is 47.7 Å². The third kappa shape index (κ3) is 3.57. The lowest BCUT2D eigenvalue weighted by atomic mass is 9.79. The van der Waals surface area contributed by atoms with E-state index in [4.69, 9.17) is 16.6 Å². The van der Waals surface area contributed by atoms with Crippen molar-refractivity contribution >= 4 is 40.4 Å². The Morgan fingerprint density at radius 3 is 2.64 bits per heavy atom. The van der Waals surface area contributed by atoms with E-state index in [0.29, 0.717) is 11.4 Å². The van der Waals surface area contributed by atoms with Crippen LogP contribution in [-0.2, 0) is 4.79 Å². The standard InChI is InChI=1S/C28H22ClN3O/c29-21-10-6-9-19(15-21)20-16-23-27(26(33)17-20)25(14-13-18-7-2-1-3-8-18)32-24-12-5-4-11-22(24)30-28(32)31-23/h1-15,20,25H,16-17H2,(H,30,31). The number of Topliss-reactive ketones (excluding diaryl/α,β-unsaturated/α-hetero) is 1. The number of carbonyl (C=O) groups is 1. The minimum Gasteiger partial charge on any atom is -0.329 e. The number of nitrogens with zero attached hydrogens (tertiary/aromatic N) is 2. The molecule has 4 aromatic rings. The van der Waals surface area contributed by atoms with Gasteiger partial charge in [-0.1, -0.05) is 78.4 Å². The number of nitrogens with one attached hydrogen (secondary N) is 1. The average molecular weight is 452 g/mol. The Balaban J connectivity index is 1.46.